The maximum atomic E-state index is 12.5. The smallest absolute Gasteiger partial charge is 0.337 e. The highest BCUT2D eigenvalue weighted by Gasteiger charge is 2.34. The van der Waals surface area contributed by atoms with Crippen LogP contribution in [0.4, 0.5) is 13.2 Å². The zero-order valence-corrected chi connectivity index (χ0v) is 12.1. The molecule has 0 radical (unpaired) electrons. The van der Waals surface area contributed by atoms with Crippen LogP contribution in [0, 0.1) is 5.41 Å². The van der Waals surface area contributed by atoms with Gasteiger partial charge < -0.3 is 10.2 Å². The summed E-state index contributed by atoms with van der Waals surface area (Å²) in [6, 6.07) is 4.98. The van der Waals surface area contributed by atoms with Gasteiger partial charge in [-0.1, -0.05) is 12.1 Å². The molecule has 0 aliphatic carbocycles. The van der Waals surface area contributed by atoms with Crippen LogP contribution < -0.4 is 5.32 Å². The van der Waals surface area contributed by atoms with E-state index in [1.54, 1.807) is 4.90 Å². The first-order valence-electron chi connectivity index (χ1n) is 6.86. The van der Waals surface area contributed by atoms with Crippen LogP contribution in [0.25, 0.3) is 0 Å². The lowest BCUT2D eigenvalue weighted by Crippen LogP contribution is -2.41. The summed E-state index contributed by atoms with van der Waals surface area (Å²) < 4.78 is 37.6. The SMILES string of the molecule is CC1(C)CNCCN(Cc2ccc(C(F)(F)F)cc2)C1=O. The first kappa shape index (κ1) is 15.8. The van der Waals surface area contributed by atoms with Crippen LogP contribution in [-0.4, -0.2) is 30.4 Å². The molecule has 1 aliphatic rings. The Bertz CT molecular complexity index is 509. The first-order valence-corrected chi connectivity index (χ1v) is 6.86. The van der Waals surface area contributed by atoms with E-state index in [1.807, 2.05) is 13.8 Å². The third kappa shape index (κ3) is 3.75. The van der Waals surface area contributed by atoms with Gasteiger partial charge in [0.1, 0.15) is 0 Å². The molecule has 0 bridgehead atoms. The Kier molecular flexibility index (Phi) is 4.27. The molecule has 0 unspecified atom stereocenters. The molecule has 1 saturated heterocycles. The number of hydrogen-bond donors (Lipinski definition) is 1. The average molecular weight is 300 g/mol. The first-order chi connectivity index (χ1) is 9.70. The lowest BCUT2D eigenvalue weighted by Gasteiger charge is -2.28. The standard InChI is InChI=1S/C15H19F3N2O/c1-14(2)10-19-7-8-20(13(14)21)9-11-3-5-12(6-4-11)15(16,17)18/h3-6,19H,7-10H2,1-2H3. The Hall–Kier alpha value is -1.56. The summed E-state index contributed by atoms with van der Waals surface area (Å²) in [5, 5.41) is 3.20. The van der Waals surface area contributed by atoms with E-state index in [2.05, 4.69) is 5.32 Å². The van der Waals surface area contributed by atoms with E-state index < -0.39 is 17.2 Å². The molecule has 1 N–H and O–H groups in total. The second-order valence-electron chi connectivity index (χ2n) is 5.98. The van der Waals surface area contributed by atoms with Crippen molar-refractivity contribution in [2.45, 2.75) is 26.6 Å². The highest BCUT2D eigenvalue weighted by Crippen LogP contribution is 2.29. The van der Waals surface area contributed by atoms with Gasteiger partial charge in [-0.3, -0.25) is 4.79 Å². The fourth-order valence-electron chi connectivity index (χ4n) is 2.39. The van der Waals surface area contributed by atoms with E-state index in [1.165, 1.54) is 12.1 Å². The van der Waals surface area contributed by atoms with E-state index in [0.29, 0.717) is 31.7 Å². The molecule has 0 atom stereocenters. The van der Waals surface area contributed by atoms with Gasteiger partial charge in [-0.2, -0.15) is 13.2 Å². The minimum absolute atomic E-state index is 0.0207. The minimum atomic E-state index is -4.33. The lowest BCUT2D eigenvalue weighted by atomic mass is 9.92. The fraction of sp³-hybridized carbons (Fsp3) is 0.533. The van der Waals surface area contributed by atoms with Gasteiger partial charge in [0, 0.05) is 26.2 Å². The molecule has 0 saturated carbocycles. The van der Waals surface area contributed by atoms with Crippen molar-refractivity contribution in [2.24, 2.45) is 5.41 Å². The number of nitrogens with zero attached hydrogens (tertiary/aromatic N) is 1. The molecule has 21 heavy (non-hydrogen) atoms. The average Bonchev–Trinajstić information content (AvgIpc) is 2.51. The molecule has 1 amide bonds. The van der Waals surface area contributed by atoms with Crippen molar-refractivity contribution in [1.82, 2.24) is 10.2 Å². The Morgan fingerprint density at radius 3 is 2.43 bits per heavy atom. The summed E-state index contributed by atoms with van der Waals surface area (Å²) >= 11 is 0. The van der Waals surface area contributed by atoms with Crippen LogP contribution in [0.15, 0.2) is 24.3 Å². The van der Waals surface area contributed by atoms with Gasteiger partial charge in [-0.15, -0.1) is 0 Å². The van der Waals surface area contributed by atoms with Gasteiger partial charge in [0.15, 0.2) is 0 Å². The normalized spacial score (nSPS) is 19.5. The van der Waals surface area contributed by atoms with Gasteiger partial charge in [-0.25, -0.2) is 0 Å². The summed E-state index contributed by atoms with van der Waals surface area (Å²) in [4.78, 5) is 14.1. The third-order valence-electron chi connectivity index (χ3n) is 3.65. The molecule has 0 aromatic heterocycles. The number of amides is 1. The molecule has 116 valence electrons. The molecule has 1 fully saturated rings. The van der Waals surface area contributed by atoms with E-state index >= 15 is 0 Å². The number of carbonyl (C=O) groups is 1. The van der Waals surface area contributed by atoms with Crippen molar-refractivity contribution in [3.05, 3.63) is 35.4 Å². The Morgan fingerprint density at radius 2 is 1.86 bits per heavy atom. The summed E-state index contributed by atoms with van der Waals surface area (Å²) in [7, 11) is 0. The van der Waals surface area contributed by atoms with Crippen LogP contribution in [0.2, 0.25) is 0 Å². The molecule has 0 spiro atoms. The Labute approximate surface area is 122 Å². The Morgan fingerprint density at radius 1 is 1.24 bits per heavy atom. The molecular formula is C15H19F3N2O. The van der Waals surface area contributed by atoms with E-state index in [0.717, 1.165) is 12.1 Å². The topological polar surface area (TPSA) is 32.3 Å². The van der Waals surface area contributed by atoms with Crippen molar-refractivity contribution in [3.8, 4) is 0 Å². The number of nitrogens with one attached hydrogen (secondary N) is 1. The molecule has 3 nitrogen and oxygen atoms in total. The predicted molar refractivity (Wildman–Crippen MR) is 73.5 cm³/mol. The molecule has 6 heteroatoms. The summed E-state index contributed by atoms with van der Waals surface area (Å²) in [5.41, 5.74) is -0.466. The van der Waals surface area contributed by atoms with Crippen molar-refractivity contribution in [3.63, 3.8) is 0 Å². The van der Waals surface area contributed by atoms with E-state index in [-0.39, 0.29) is 5.91 Å². The highest BCUT2D eigenvalue weighted by molar-refractivity contribution is 5.82. The maximum absolute atomic E-state index is 12.5. The van der Waals surface area contributed by atoms with Gasteiger partial charge >= 0.3 is 6.18 Å². The van der Waals surface area contributed by atoms with Gasteiger partial charge in [0.05, 0.1) is 11.0 Å². The number of hydrogen-bond acceptors (Lipinski definition) is 2. The predicted octanol–water partition coefficient (Wildman–Crippen LogP) is 2.66. The number of rotatable bonds is 2. The van der Waals surface area contributed by atoms with Gasteiger partial charge in [-0.05, 0) is 31.5 Å². The summed E-state index contributed by atoms with van der Waals surface area (Å²) in [6.07, 6.45) is -4.33. The minimum Gasteiger partial charge on any atom is -0.337 e. The molecule has 1 aromatic rings. The van der Waals surface area contributed by atoms with E-state index in [9.17, 15) is 18.0 Å². The van der Waals surface area contributed by atoms with E-state index in [4.69, 9.17) is 0 Å². The highest BCUT2D eigenvalue weighted by atomic mass is 19.4. The lowest BCUT2D eigenvalue weighted by molar-refractivity contribution is -0.140. The largest absolute Gasteiger partial charge is 0.416 e. The van der Waals surface area contributed by atoms with Crippen LogP contribution >= 0.6 is 0 Å². The molecule has 2 rings (SSSR count). The van der Waals surface area contributed by atoms with Crippen LogP contribution in [-0.2, 0) is 17.5 Å². The molecule has 1 heterocycles. The number of carbonyl (C=O) groups excluding carboxylic acids is 1. The molecule has 1 aromatic carbocycles. The molecular weight excluding hydrogens is 281 g/mol. The van der Waals surface area contributed by atoms with Crippen LogP contribution in [0.5, 0.6) is 0 Å². The van der Waals surface area contributed by atoms with Gasteiger partial charge in [0.25, 0.3) is 0 Å². The zero-order chi connectivity index (χ0) is 15.7. The summed E-state index contributed by atoms with van der Waals surface area (Å²) in [6.45, 7) is 5.93. The van der Waals surface area contributed by atoms with Gasteiger partial charge in [0.2, 0.25) is 5.91 Å². The molecule has 1 aliphatic heterocycles. The maximum Gasteiger partial charge on any atom is 0.416 e. The monoisotopic (exact) mass is 300 g/mol. The van der Waals surface area contributed by atoms with Crippen LogP contribution in [0.3, 0.4) is 0 Å². The fourth-order valence-corrected chi connectivity index (χ4v) is 2.39. The number of alkyl halides is 3. The second kappa shape index (κ2) is 5.67. The van der Waals surface area contributed by atoms with Crippen molar-refractivity contribution < 1.29 is 18.0 Å². The summed E-state index contributed by atoms with van der Waals surface area (Å²) in [5.74, 6) is 0.0207. The quantitative estimate of drug-likeness (QED) is 0.911. The second-order valence-corrected chi connectivity index (χ2v) is 5.98. The Balaban J connectivity index is 2.12. The third-order valence-corrected chi connectivity index (χ3v) is 3.65. The van der Waals surface area contributed by atoms with Crippen molar-refractivity contribution in [2.75, 3.05) is 19.6 Å². The number of benzene rings is 1. The van der Waals surface area contributed by atoms with Crippen molar-refractivity contribution >= 4 is 5.91 Å². The van der Waals surface area contributed by atoms with Crippen molar-refractivity contribution in [1.29, 1.82) is 0 Å². The number of halogens is 3. The zero-order valence-electron chi connectivity index (χ0n) is 12.1. The van der Waals surface area contributed by atoms with Crippen LogP contribution in [0.1, 0.15) is 25.0 Å².